The number of benzene rings is 1. The third kappa shape index (κ3) is 4.24. The van der Waals surface area contributed by atoms with Crippen molar-refractivity contribution in [1.82, 2.24) is 9.88 Å². The number of rotatable bonds is 5. The van der Waals surface area contributed by atoms with Gasteiger partial charge in [-0.05, 0) is 5.56 Å². The second kappa shape index (κ2) is 7.71. The molecule has 146 valence electrons. The molecule has 2 heterocycles. The number of thiazole rings is 1. The minimum Gasteiger partial charge on any atom is -0.445 e. The number of nitrogens with zero attached hydrogens (tertiary/aromatic N) is 2. The van der Waals surface area contributed by atoms with E-state index >= 15 is 0 Å². The van der Waals surface area contributed by atoms with Crippen molar-refractivity contribution in [3.05, 3.63) is 47.0 Å². The normalized spacial score (nSPS) is 22.9. The molecule has 0 aliphatic carbocycles. The lowest BCUT2D eigenvalue weighted by molar-refractivity contribution is 0.101. The van der Waals surface area contributed by atoms with Gasteiger partial charge in [0.1, 0.15) is 14.7 Å². The number of nitrogens with two attached hydrogens (primary N) is 1. The average molecular weight is 406 g/mol. The number of aliphatic hydroxyl groups is 1. The van der Waals surface area contributed by atoms with Gasteiger partial charge in [0.2, 0.25) is 0 Å². The molecule has 0 saturated carbocycles. The Labute approximate surface area is 165 Å². The molecular weight excluding hydrogens is 378 g/mol. The van der Waals surface area contributed by atoms with Crippen LogP contribution in [0.4, 0.5) is 4.79 Å². The van der Waals surface area contributed by atoms with Crippen molar-refractivity contribution in [3.63, 3.8) is 0 Å². The average Bonchev–Trinajstić information content (AvgIpc) is 3.26. The van der Waals surface area contributed by atoms with E-state index in [0.717, 1.165) is 15.1 Å². The van der Waals surface area contributed by atoms with E-state index in [2.05, 4.69) is 24.6 Å². The molecule has 8 heteroatoms. The second-order valence-corrected chi connectivity index (χ2v) is 14.5. The van der Waals surface area contributed by atoms with Gasteiger partial charge in [-0.2, -0.15) is 0 Å². The van der Waals surface area contributed by atoms with Crippen LogP contribution in [0, 0.1) is 5.92 Å². The van der Waals surface area contributed by atoms with Gasteiger partial charge in [0.25, 0.3) is 0 Å². The van der Waals surface area contributed by atoms with Crippen LogP contribution in [0.2, 0.25) is 19.6 Å². The number of carbonyl (C=O) groups excluding carboxylic acids is 1. The zero-order chi connectivity index (χ0) is 19.7. The van der Waals surface area contributed by atoms with Gasteiger partial charge in [0, 0.05) is 36.7 Å². The van der Waals surface area contributed by atoms with Crippen molar-refractivity contribution in [2.24, 2.45) is 11.7 Å². The van der Waals surface area contributed by atoms with E-state index in [4.69, 9.17) is 10.5 Å². The minimum absolute atomic E-state index is 0.0842. The standard InChI is InChI=1S/C19H27N3O3SSi/c1-27(2,3)17-21-9-16(26-17)19(20)13-22(10-15(19)11-23)18(24)25-12-14-7-5-4-6-8-14/h4-9,15,23H,10-13,20H2,1-3H3. The fourth-order valence-electron chi connectivity index (χ4n) is 3.22. The summed E-state index contributed by atoms with van der Waals surface area (Å²) in [6.07, 6.45) is 1.42. The van der Waals surface area contributed by atoms with Crippen molar-refractivity contribution in [2.75, 3.05) is 19.7 Å². The van der Waals surface area contributed by atoms with Crippen LogP contribution in [0.25, 0.3) is 0 Å². The van der Waals surface area contributed by atoms with Crippen molar-refractivity contribution in [1.29, 1.82) is 0 Å². The molecule has 1 aliphatic heterocycles. The molecule has 1 aromatic heterocycles. The van der Waals surface area contributed by atoms with E-state index in [9.17, 15) is 9.90 Å². The lowest BCUT2D eigenvalue weighted by Crippen LogP contribution is -2.45. The maximum absolute atomic E-state index is 12.5. The third-order valence-corrected chi connectivity index (χ3v) is 9.47. The van der Waals surface area contributed by atoms with Crippen molar-refractivity contribution >= 4 is 30.1 Å². The number of amides is 1. The Bertz CT molecular complexity index is 793. The molecule has 2 unspecified atom stereocenters. The van der Waals surface area contributed by atoms with Gasteiger partial charge in [-0.1, -0.05) is 50.0 Å². The first-order chi connectivity index (χ1) is 12.7. The number of hydrogen-bond donors (Lipinski definition) is 2. The Kier molecular flexibility index (Phi) is 5.71. The predicted molar refractivity (Wildman–Crippen MR) is 110 cm³/mol. The van der Waals surface area contributed by atoms with Gasteiger partial charge < -0.3 is 20.5 Å². The maximum atomic E-state index is 12.5. The second-order valence-electron chi connectivity index (χ2n) is 8.12. The summed E-state index contributed by atoms with van der Waals surface area (Å²) in [5.74, 6) is -0.239. The largest absolute Gasteiger partial charge is 0.445 e. The first kappa shape index (κ1) is 20.0. The molecular formula is C19H27N3O3SSi. The molecule has 3 rings (SSSR count). The van der Waals surface area contributed by atoms with Gasteiger partial charge in [-0.3, -0.25) is 4.98 Å². The van der Waals surface area contributed by atoms with E-state index in [1.165, 1.54) is 0 Å². The summed E-state index contributed by atoms with van der Waals surface area (Å²) in [7, 11) is -1.53. The molecule has 1 aliphatic rings. The van der Waals surface area contributed by atoms with E-state index < -0.39 is 19.7 Å². The fourth-order valence-corrected chi connectivity index (χ4v) is 6.07. The van der Waals surface area contributed by atoms with Crippen LogP contribution in [0.5, 0.6) is 0 Å². The monoisotopic (exact) mass is 405 g/mol. The van der Waals surface area contributed by atoms with Crippen LogP contribution in [0.1, 0.15) is 10.4 Å². The Morgan fingerprint density at radius 1 is 1.41 bits per heavy atom. The number of likely N-dealkylation sites (tertiary alicyclic amines) is 1. The smallest absolute Gasteiger partial charge is 0.410 e. The maximum Gasteiger partial charge on any atom is 0.410 e. The van der Waals surface area contributed by atoms with Crippen LogP contribution < -0.4 is 10.4 Å². The van der Waals surface area contributed by atoms with Gasteiger partial charge in [-0.25, -0.2) is 4.79 Å². The van der Waals surface area contributed by atoms with Gasteiger partial charge in [-0.15, -0.1) is 11.3 Å². The van der Waals surface area contributed by atoms with Crippen LogP contribution >= 0.6 is 11.3 Å². The number of ether oxygens (including phenoxy) is 1. The van der Waals surface area contributed by atoms with Crippen LogP contribution in [0.15, 0.2) is 36.5 Å². The lowest BCUT2D eigenvalue weighted by Gasteiger charge is -2.27. The molecule has 2 aromatic rings. The van der Waals surface area contributed by atoms with Gasteiger partial charge in [0.05, 0.1) is 10.2 Å². The topological polar surface area (TPSA) is 88.7 Å². The molecule has 27 heavy (non-hydrogen) atoms. The molecule has 1 saturated heterocycles. The summed E-state index contributed by atoms with van der Waals surface area (Å²) < 4.78 is 6.57. The van der Waals surface area contributed by atoms with Gasteiger partial charge in [0.15, 0.2) is 0 Å². The first-order valence-corrected chi connectivity index (χ1v) is 13.4. The molecule has 3 N–H and O–H groups in total. The molecule has 0 radical (unpaired) electrons. The summed E-state index contributed by atoms with van der Waals surface area (Å²) in [6.45, 7) is 7.55. The highest BCUT2D eigenvalue weighted by Crippen LogP contribution is 2.36. The van der Waals surface area contributed by atoms with E-state index in [0.29, 0.717) is 13.1 Å². The molecule has 2 atom stereocenters. The summed E-state index contributed by atoms with van der Waals surface area (Å²) in [6, 6.07) is 9.56. The summed E-state index contributed by atoms with van der Waals surface area (Å²) in [5, 5.41) is 9.87. The van der Waals surface area contributed by atoms with E-state index in [1.54, 1.807) is 16.2 Å². The van der Waals surface area contributed by atoms with E-state index in [1.807, 2.05) is 36.5 Å². The number of aliphatic hydroxyl groups excluding tert-OH is 1. The number of aromatic nitrogens is 1. The van der Waals surface area contributed by atoms with Crippen LogP contribution in [0.3, 0.4) is 0 Å². The van der Waals surface area contributed by atoms with E-state index in [-0.39, 0.29) is 19.1 Å². The Morgan fingerprint density at radius 3 is 2.70 bits per heavy atom. The van der Waals surface area contributed by atoms with Crippen molar-refractivity contribution in [2.45, 2.75) is 31.8 Å². The Hall–Kier alpha value is -1.74. The Balaban J connectivity index is 1.72. The van der Waals surface area contributed by atoms with Gasteiger partial charge >= 0.3 is 6.09 Å². The van der Waals surface area contributed by atoms with Crippen molar-refractivity contribution < 1.29 is 14.6 Å². The zero-order valence-corrected chi connectivity index (χ0v) is 17.8. The zero-order valence-electron chi connectivity index (χ0n) is 16.0. The minimum atomic E-state index is -1.53. The molecule has 1 aromatic carbocycles. The van der Waals surface area contributed by atoms with Crippen LogP contribution in [-0.2, 0) is 16.9 Å². The predicted octanol–water partition coefficient (Wildman–Crippen LogP) is 2.10. The fraction of sp³-hybridized carbons (Fsp3) is 0.474. The lowest BCUT2D eigenvalue weighted by atomic mass is 9.88. The molecule has 0 bridgehead atoms. The summed E-state index contributed by atoms with van der Waals surface area (Å²) in [5.41, 5.74) is 6.84. The SMILES string of the molecule is C[Si](C)(C)c1ncc(C2(N)CN(C(=O)OCc3ccccc3)CC2CO)s1. The van der Waals surface area contributed by atoms with Crippen LogP contribution in [-0.4, -0.2) is 48.9 Å². The number of hydrogen-bond acceptors (Lipinski definition) is 6. The summed E-state index contributed by atoms with van der Waals surface area (Å²) in [4.78, 5) is 19.6. The molecule has 1 amide bonds. The summed E-state index contributed by atoms with van der Waals surface area (Å²) >= 11 is 1.61. The Morgan fingerprint density at radius 2 is 2.11 bits per heavy atom. The highest BCUT2D eigenvalue weighted by atomic mass is 32.1. The van der Waals surface area contributed by atoms with Crippen molar-refractivity contribution in [3.8, 4) is 0 Å². The quantitative estimate of drug-likeness (QED) is 0.744. The third-order valence-electron chi connectivity index (χ3n) is 4.91. The molecule has 0 spiro atoms. The molecule has 1 fully saturated rings. The first-order valence-electron chi connectivity index (χ1n) is 9.06. The molecule has 6 nitrogen and oxygen atoms in total. The highest BCUT2D eigenvalue weighted by Gasteiger charge is 2.48. The number of carbonyl (C=O) groups is 1. The highest BCUT2D eigenvalue weighted by molar-refractivity contribution is 7.25.